The lowest BCUT2D eigenvalue weighted by atomic mass is 9.83. The summed E-state index contributed by atoms with van der Waals surface area (Å²) in [5.41, 5.74) is 0.300. The second-order valence-corrected chi connectivity index (χ2v) is 6.93. The van der Waals surface area contributed by atoms with Crippen molar-refractivity contribution < 1.29 is 4.74 Å². The molecule has 0 radical (unpaired) electrons. The number of hydrogen-bond acceptors (Lipinski definition) is 2. The van der Waals surface area contributed by atoms with Crippen molar-refractivity contribution in [3.8, 4) is 0 Å². The summed E-state index contributed by atoms with van der Waals surface area (Å²) >= 11 is 0. The second-order valence-electron chi connectivity index (χ2n) is 6.93. The molecule has 1 aliphatic heterocycles. The van der Waals surface area contributed by atoms with Gasteiger partial charge in [0.05, 0.1) is 11.7 Å². The average Bonchev–Trinajstić information content (AvgIpc) is 2.70. The predicted octanol–water partition coefficient (Wildman–Crippen LogP) is 3.89. The van der Waals surface area contributed by atoms with Crippen LogP contribution in [0.4, 0.5) is 0 Å². The maximum Gasteiger partial charge on any atom is 0.0687 e. The van der Waals surface area contributed by atoms with E-state index in [0.29, 0.717) is 17.7 Å². The van der Waals surface area contributed by atoms with Gasteiger partial charge in [-0.25, -0.2) is 0 Å². The van der Waals surface area contributed by atoms with Crippen LogP contribution in [0.1, 0.15) is 72.1 Å². The fourth-order valence-electron chi connectivity index (χ4n) is 3.59. The predicted molar refractivity (Wildman–Crippen MR) is 76.8 cm³/mol. The van der Waals surface area contributed by atoms with Gasteiger partial charge < -0.3 is 10.1 Å². The highest BCUT2D eigenvalue weighted by molar-refractivity contribution is 4.91. The molecular weight excluding hydrogens is 222 g/mol. The molecule has 1 N–H and O–H groups in total. The monoisotopic (exact) mass is 253 g/mol. The van der Waals surface area contributed by atoms with Gasteiger partial charge in [-0.1, -0.05) is 40.0 Å². The van der Waals surface area contributed by atoms with E-state index in [4.69, 9.17) is 4.74 Å². The fraction of sp³-hybridized carbons (Fsp3) is 1.00. The molecule has 2 atom stereocenters. The zero-order valence-corrected chi connectivity index (χ0v) is 12.5. The normalized spacial score (nSPS) is 29.0. The molecule has 0 aromatic carbocycles. The SMILES string of the molecule is CC(CNC(C)C)CC1CCC2(CCCCC2)O1. The summed E-state index contributed by atoms with van der Waals surface area (Å²) in [5.74, 6) is 0.733. The van der Waals surface area contributed by atoms with Gasteiger partial charge in [0.1, 0.15) is 0 Å². The zero-order valence-electron chi connectivity index (χ0n) is 12.5. The summed E-state index contributed by atoms with van der Waals surface area (Å²) in [6.45, 7) is 7.92. The second kappa shape index (κ2) is 6.38. The number of rotatable bonds is 5. The molecule has 1 spiro atoms. The summed E-state index contributed by atoms with van der Waals surface area (Å²) in [4.78, 5) is 0. The third kappa shape index (κ3) is 3.96. The van der Waals surface area contributed by atoms with E-state index in [1.807, 2.05) is 0 Å². The topological polar surface area (TPSA) is 21.3 Å². The minimum Gasteiger partial charge on any atom is -0.372 e. The van der Waals surface area contributed by atoms with Gasteiger partial charge in [-0.2, -0.15) is 0 Å². The zero-order chi connectivity index (χ0) is 13.0. The summed E-state index contributed by atoms with van der Waals surface area (Å²) in [5, 5.41) is 3.53. The van der Waals surface area contributed by atoms with E-state index in [0.717, 1.165) is 12.5 Å². The Morgan fingerprint density at radius 1 is 1.11 bits per heavy atom. The van der Waals surface area contributed by atoms with Gasteiger partial charge in [0, 0.05) is 6.04 Å². The van der Waals surface area contributed by atoms with Crippen LogP contribution < -0.4 is 5.32 Å². The minimum absolute atomic E-state index is 0.300. The molecule has 2 unspecified atom stereocenters. The molecule has 2 nitrogen and oxygen atoms in total. The van der Waals surface area contributed by atoms with Gasteiger partial charge >= 0.3 is 0 Å². The Bertz CT molecular complexity index is 245. The van der Waals surface area contributed by atoms with Gasteiger partial charge in [-0.3, -0.25) is 0 Å². The first-order valence-corrected chi connectivity index (χ1v) is 8.01. The molecule has 0 amide bonds. The smallest absolute Gasteiger partial charge is 0.0687 e. The molecule has 0 aromatic heterocycles. The largest absolute Gasteiger partial charge is 0.372 e. The summed E-state index contributed by atoms with van der Waals surface area (Å²) in [6.07, 6.45) is 11.2. The van der Waals surface area contributed by atoms with Crippen LogP contribution in [0.5, 0.6) is 0 Å². The highest BCUT2D eigenvalue weighted by Crippen LogP contribution is 2.43. The van der Waals surface area contributed by atoms with E-state index in [2.05, 4.69) is 26.1 Å². The molecule has 2 rings (SSSR count). The quantitative estimate of drug-likeness (QED) is 0.802. The van der Waals surface area contributed by atoms with Crippen LogP contribution in [0, 0.1) is 5.92 Å². The first kappa shape index (κ1) is 14.3. The van der Waals surface area contributed by atoms with E-state index >= 15 is 0 Å². The average molecular weight is 253 g/mol. The molecule has 2 fully saturated rings. The summed E-state index contributed by atoms with van der Waals surface area (Å²) in [6, 6.07) is 0.599. The lowest BCUT2D eigenvalue weighted by Gasteiger charge is -2.33. The van der Waals surface area contributed by atoms with Gasteiger partial charge in [0.25, 0.3) is 0 Å². The van der Waals surface area contributed by atoms with Crippen LogP contribution in [-0.2, 0) is 4.74 Å². The van der Waals surface area contributed by atoms with E-state index in [-0.39, 0.29) is 0 Å². The van der Waals surface area contributed by atoms with Crippen LogP contribution in [0.3, 0.4) is 0 Å². The Hall–Kier alpha value is -0.0800. The highest BCUT2D eigenvalue weighted by Gasteiger charge is 2.40. The summed E-state index contributed by atoms with van der Waals surface area (Å²) in [7, 11) is 0. The summed E-state index contributed by atoms with van der Waals surface area (Å²) < 4.78 is 6.44. The van der Waals surface area contributed by atoms with E-state index in [1.54, 1.807) is 0 Å². The maximum absolute atomic E-state index is 6.44. The molecule has 0 bridgehead atoms. The van der Waals surface area contributed by atoms with Crippen molar-refractivity contribution in [3.05, 3.63) is 0 Å². The lowest BCUT2D eigenvalue weighted by Crippen LogP contribution is -2.33. The number of ether oxygens (including phenoxy) is 1. The van der Waals surface area contributed by atoms with Crippen molar-refractivity contribution in [1.29, 1.82) is 0 Å². The van der Waals surface area contributed by atoms with E-state index < -0.39 is 0 Å². The van der Waals surface area contributed by atoms with E-state index in [1.165, 1.54) is 51.4 Å². The van der Waals surface area contributed by atoms with Crippen molar-refractivity contribution in [1.82, 2.24) is 5.32 Å². The Labute approximate surface area is 113 Å². The third-order valence-electron chi connectivity index (χ3n) is 4.64. The molecule has 2 heteroatoms. The van der Waals surface area contributed by atoms with Crippen molar-refractivity contribution in [3.63, 3.8) is 0 Å². The first-order chi connectivity index (χ1) is 8.60. The van der Waals surface area contributed by atoms with Crippen LogP contribution in [0.2, 0.25) is 0 Å². The molecule has 106 valence electrons. The maximum atomic E-state index is 6.44. The van der Waals surface area contributed by atoms with Crippen molar-refractivity contribution in [2.75, 3.05) is 6.54 Å². The standard InChI is InChI=1S/C16H31NO/c1-13(2)17-12-14(3)11-15-7-10-16(18-15)8-5-4-6-9-16/h13-15,17H,4-12H2,1-3H3. The Balaban J connectivity index is 1.71. The fourth-order valence-corrected chi connectivity index (χ4v) is 3.59. The molecular formula is C16H31NO. The molecule has 2 aliphatic rings. The third-order valence-corrected chi connectivity index (χ3v) is 4.64. The molecule has 18 heavy (non-hydrogen) atoms. The Kier molecular flexibility index (Phi) is 5.08. The first-order valence-electron chi connectivity index (χ1n) is 8.01. The molecule has 1 heterocycles. The number of nitrogens with one attached hydrogen (secondary N) is 1. The Morgan fingerprint density at radius 2 is 1.83 bits per heavy atom. The lowest BCUT2D eigenvalue weighted by molar-refractivity contribution is -0.0691. The van der Waals surface area contributed by atoms with E-state index in [9.17, 15) is 0 Å². The minimum atomic E-state index is 0.300. The van der Waals surface area contributed by atoms with Crippen molar-refractivity contribution in [2.45, 2.75) is 89.9 Å². The molecule has 0 aromatic rings. The van der Waals surface area contributed by atoms with Gasteiger partial charge in [-0.15, -0.1) is 0 Å². The van der Waals surface area contributed by atoms with Crippen LogP contribution in [0.15, 0.2) is 0 Å². The molecule has 1 saturated heterocycles. The van der Waals surface area contributed by atoms with Crippen LogP contribution in [0.25, 0.3) is 0 Å². The van der Waals surface area contributed by atoms with Gasteiger partial charge in [0.2, 0.25) is 0 Å². The van der Waals surface area contributed by atoms with Crippen molar-refractivity contribution >= 4 is 0 Å². The van der Waals surface area contributed by atoms with Crippen molar-refractivity contribution in [2.24, 2.45) is 5.92 Å². The Morgan fingerprint density at radius 3 is 2.50 bits per heavy atom. The van der Waals surface area contributed by atoms with Crippen LogP contribution in [-0.4, -0.2) is 24.3 Å². The highest BCUT2D eigenvalue weighted by atomic mass is 16.5. The van der Waals surface area contributed by atoms with Crippen LogP contribution >= 0.6 is 0 Å². The molecule has 1 aliphatic carbocycles. The molecule has 1 saturated carbocycles. The van der Waals surface area contributed by atoms with Gasteiger partial charge in [0.15, 0.2) is 0 Å². The number of hydrogen-bond donors (Lipinski definition) is 1. The van der Waals surface area contributed by atoms with Gasteiger partial charge in [-0.05, 0) is 44.6 Å².